The van der Waals surface area contributed by atoms with E-state index in [1.807, 2.05) is 26.0 Å². The van der Waals surface area contributed by atoms with Crippen LogP contribution in [0.1, 0.15) is 93.1 Å². The molecular formula is C23H31N3O5. The van der Waals surface area contributed by atoms with Gasteiger partial charge in [0.2, 0.25) is 0 Å². The van der Waals surface area contributed by atoms with Crippen LogP contribution in [0.25, 0.3) is 0 Å². The van der Waals surface area contributed by atoms with Gasteiger partial charge in [-0.2, -0.15) is 5.01 Å². The summed E-state index contributed by atoms with van der Waals surface area (Å²) in [7, 11) is 0. The average molecular weight is 430 g/mol. The summed E-state index contributed by atoms with van der Waals surface area (Å²) in [6.45, 7) is 7.54. The van der Waals surface area contributed by atoms with E-state index in [-0.39, 0.29) is 5.92 Å². The Hall–Kier alpha value is -2.90. The van der Waals surface area contributed by atoms with Gasteiger partial charge in [-0.3, -0.25) is 15.0 Å². The van der Waals surface area contributed by atoms with Gasteiger partial charge in [-0.05, 0) is 41.9 Å². The van der Waals surface area contributed by atoms with Gasteiger partial charge < -0.3 is 10.1 Å². The molecular weight excluding hydrogens is 398 g/mol. The number of hydrogen-bond donors (Lipinski definition) is 2. The fourth-order valence-electron chi connectivity index (χ4n) is 4.19. The SMILES string of the molecule is CC(C)c1ccc(C(=O)OCC(=O)NN2C(=O)NC3(CCCCC3)C2=O)c(C(C)C)c1. The van der Waals surface area contributed by atoms with Crippen LogP contribution in [0, 0.1) is 0 Å². The molecule has 0 radical (unpaired) electrons. The number of amides is 4. The van der Waals surface area contributed by atoms with E-state index in [0.717, 1.165) is 30.4 Å². The van der Waals surface area contributed by atoms with Crippen LogP contribution in [-0.4, -0.2) is 41.0 Å². The van der Waals surface area contributed by atoms with Crippen molar-refractivity contribution in [3.63, 3.8) is 0 Å². The van der Waals surface area contributed by atoms with Gasteiger partial charge in [0.1, 0.15) is 5.54 Å². The lowest BCUT2D eigenvalue weighted by molar-refractivity contribution is -0.140. The smallest absolute Gasteiger partial charge is 0.344 e. The van der Waals surface area contributed by atoms with Crippen molar-refractivity contribution in [1.82, 2.24) is 15.8 Å². The normalized spacial score (nSPS) is 17.9. The van der Waals surface area contributed by atoms with E-state index < -0.39 is 36.0 Å². The minimum Gasteiger partial charge on any atom is -0.452 e. The van der Waals surface area contributed by atoms with Gasteiger partial charge in [0, 0.05) is 0 Å². The van der Waals surface area contributed by atoms with Gasteiger partial charge in [0.25, 0.3) is 11.8 Å². The van der Waals surface area contributed by atoms with Crippen molar-refractivity contribution >= 4 is 23.8 Å². The highest BCUT2D eigenvalue weighted by Crippen LogP contribution is 2.33. The zero-order chi connectivity index (χ0) is 22.8. The molecule has 8 nitrogen and oxygen atoms in total. The third-order valence-electron chi connectivity index (χ3n) is 6.02. The molecule has 1 aromatic rings. The Labute approximate surface area is 182 Å². The Morgan fingerprint density at radius 1 is 1.10 bits per heavy atom. The molecule has 31 heavy (non-hydrogen) atoms. The summed E-state index contributed by atoms with van der Waals surface area (Å²) < 4.78 is 5.18. The number of urea groups is 1. The summed E-state index contributed by atoms with van der Waals surface area (Å²) in [6, 6.07) is 4.93. The number of hydrogen-bond acceptors (Lipinski definition) is 5. The van der Waals surface area contributed by atoms with Crippen LogP contribution in [0.5, 0.6) is 0 Å². The number of rotatable bonds is 6. The van der Waals surface area contributed by atoms with E-state index in [9.17, 15) is 19.2 Å². The van der Waals surface area contributed by atoms with E-state index in [2.05, 4.69) is 24.6 Å². The minimum absolute atomic E-state index is 0.104. The highest BCUT2D eigenvalue weighted by Gasteiger charge is 2.52. The standard InChI is InChI=1S/C23H31N3O5/c1-14(2)16-8-9-17(18(12-16)15(3)4)20(28)31-13-19(27)25-26-21(29)23(24-22(26)30)10-6-5-7-11-23/h8-9,12,14-15H,5-7,10-11,13H2,1-4H3,(H,24,30)(H,25,27). The molecule has 8 heteroatoms. The quantitative estimate of drug-likeness (QED) is 0.533. The van der Waals surface area contributed by atoms with E-state index in [4.69, 9.17) is 4.74 Å². The Kier molecular flexibility index (Phi) is 6.67. The number of esters is 1. The summed E-state index contributed by atoms with van der Waals surface area (Å²) in [6.07, 6.45) is 3.83. The Morgan fingerprint density at radius 3 is 2.39 bits per heavy atom. The number of ether oxygens (including phenoxy) is 1. The van der Waals surface area contributed by atoms with E-state index in [0.29, 0.717) is 29.3 Å². The first-order valence-corrected chi connectivity index (χ1v) is 10.9. The number of imide groups is 1. The number of nitrogens with one attached hydrogen (secondary N) is 2. The molecule has 1 heterocycles. The predicted molar refractivity (Wildman–Crippen MR) is 114 cm³/mol. The van der Waals surface area contributed by atoms with Crippen LogP contribution in [0.3, 0.4) is 0 Å². The molecule has 3 rings (SSSR count). The van der Waals surface area contributed by atoms with Crippen LogP contribution in [0.2, 0.25) is 0 Å². The monoisotopic (exact) mass is 429 g/mol. The second kappa shape index (κ2) is 9.08. The maximum absolute atomic E-state index is 12.7. The fourth-order valence-corrected chi connectivity index (χ4v) is 4.19. The summed E-state index contributed by atoms with van der Waals surface area (Å²) in [5.74, 6) is -1.38. The molecule has 0 atom stereocenters. The number of carbonyl (C=O) groups is 4. The van der Waals surface area contributed by atoms with Gasteiger partial charge in [0.15, 0.2) is 6.61 Å². The van der Waals surface area contributed by atoms with Crippen LogP contribution in [0.15, 0.2) is 18.2 Å². The topological polar surface area (TPSA) is 105 Å². The average Bonchev–Trinajstić information content (AvgIpc) is 2.95. The molecule has 1 aliphatic carbocycles. The van der Waals surface area contributed by atoms with E-state index >= 15 is 0 Å². The van der Waals surface area contributed by atoms with Crippen molar-refractivity contribution in [3.05, 3.63) is 34.9 Å². The van der Waals surface area contributed by atoms with E-state index in [1.54, 1.807) is 6.07 Å². The van der Waals surface area contributed by atoms with Gasteiger partial charge in [0.05, 0.1) is 5.56 Å². The van der Waals surface area contributed by atoms with Crippen LogP contribution in [0.4, 0.5) is 4.79 Å². The van der Waals surface area contributed by atoms with Crippen molar-refractivity contribution in [3.8, 4) is 0 Å². The largest absolute Gasteiger partial charge is 0.452 e. The lowest BCUT2D eigenvalue weighted by atomic mass is 9.82. The minimum atomic E-state index is -0.927. The number of nitrogens with zero attached hydrogens (tertiary/aromatic N) is 1. The Balaban J connectivity index is 1.62. The Morgan fingerprint density at radius 2 is 1.77 bits per heavy atom. The summed E-state index contributed by atoms with van der Waals surface area (Å²) in [5.41, 5.74) is 3.72. The lowest BCUT2D eigenvalue weighted by Gasteiger charge is -2.30. The molecule has 168 valence electrons. The number of benzene rings is 1. The van der Waals surface area contributed by atoms with Crippen molar-refractivity contribution in [1.29, 1.82) is 0 Å². The van der Waals surface area contributed by atoms with Gasteiger partial charge in [-0.25, -0.2) is 9.59 Å². The van der Waals surface area contributed by atoms with E-state index in [1.165, 1.54) is 0 Å². The third kappa shape index (κ3) is 4.73. The maximum atomic E-state index is 12.7. The zero-order valence-electron chi connectivity index (χ0n) is 18.6. The molecule has 1 aromatic carbocycles. The highest BCUT2D eigenvalue weighted by molar-refractivity contribution is 6.08. The number of hydrazine groups is 1. The first-order valence-electron chi connectivity index (χ1n) is 10.9. The molecule has 1 saturated carbocycles. The van der Waals surface area contributed by atoms with Crippen molar-refractivity contribution in [2.24, 2.45) is 0 Å². The maximum Gasteiger partial charge on any atom is 0.344 e. The molecule has 0 unspecified atom stereocenters. The van der Waals surface area contributed by atoms with Gasteiger partial charge in [-0.15, -0.1) is 0 Å². The first-order chi connectivity index (χ1) is 14.6. The van der Waals surface area contributed by atoms with Crippen molar-refractivity contribution < 1.29 is 23.9 Å². The molecule has 1 spiro atoms. The van der Waals surface area contributed by atoms with Crippen LogP contribution in [-0.2, 0) is 14.3 Å². The molecule has 1 aliphatic heterocycles. The first kappa shape index (κ1) is 22.8. The van der Waals surface area contributed by atoms with Crippen molar-refractivity contribution in [2.45, 2.75) is 77.2 Å². The highest BCUT2D eigenvalue weighted by atomic mass is 16.5. The Bertz CT molecular complexity index is 887. The molecule has 1 saturated heterocycles. The van der Waals surface area contributed by atoms with Crippen LogP contribution < -0.4 is 10.7 Å². The second-order valence-corrected chi connectivity index (χ2v) is 8.98. The lowest BCUT2D eigenvalue weighted by Crippen LogP contribution is -2.51. The molecule has 2 N–H and O–H groups in total. The zero-order valence-corrected chi connectivity index (χ0v) is 18.6. The third-order valence-corrected chi connectivity index (χ3v) is 6.02. The summed E-state index contributed by atoms with van der Waals surface area (Å²) in [4.78, 5) is 49.8. The predicted octanol–water partition coefficient (Wildman–Crippen LogP) is 3.38. The summed E-state index contributed by atoms with van der Waals surface area (Å²) >= 11 is 0. The van der Waals surface area contributed by atoms with Gasteiger partial charge >= 0.3 is 12.0 Å². The second-order valence-electron chi connectivity index (χ2n) is 8.98. The molecule has 2 aliphatic rings. The van der Waals surface area contributed by atoms with Crippen molar-refractivity contribution in [2.75, 3.05) is 6.61 Å². The molecule has 2 fully saturated rings. The van der Waals surface area contributed by atoms with Gasteiger partial charge in [-0.1, -0.05) is 59.1 Å². The van der Waals surface area contributed by atoms with Crippen LogP contribution >= 0.6 is 0 Å². The fraction of sp³-hybridized carbons (Fsp3) is 0.565. The number of carbonyl (C=O) groups excluding carboxylic acids is 4. The summed E-state index contributed by atoms with van der Waals surface area (Å²) in [5, 5.41) is 3.42. The molecule has 0 aromatic heterocycles. The molecule has 4 amide bonds. The molecule has 0 bridgehead atoms.